The predicted molar refractivity (Wildman–Crippen MR) is 74.6 cm³/mol. The fraction of sp³-hybridized carbons (Fsp3) is 0.769. The van der Waals surface area contributed by atoms with Crippen molar-refractivity contribution in [2.24, 2.45) is 5.92 Å². The maximum absolute atomic E-state index is 12.0. The van der Waals surface area contributed by atoms with E-state index >= 15 is 0 Å². The minimum Gasteiger partial charge on any atom is -0.480 e. The largest absolute Gasteiger partial charge is 0.480 e. The van der Waals surface area contributed by atoms with Gasteiger partial charge in [0.1, 0.15) is 6.04 Å². The highest BCUT2D eigenvalue weighted by atomic mass is 16.4. The fourth-order valence-electron chi connectivity index (χ4n) is 2.26. The van der Waals surface area contributed by atoms with Crippen LogP contribution in [-0.2, 0) is 9.59 Å². The number of amides is 3. The van der Waals surface area contributed by atoms with E-state index in [4.69, 9.17) is 10.2 Å². The molecule has 1 aliphatic rings. The van der Waals surface area contributed by atoms with Crippen LogP contribution in [0.2, 0.25) is 0 Å². The van der Waals surface area contributed by atoms with Gasteiger partial charge < -0.3 is 25.7 Å². The maximum atomic E-state index is 12.0. The van der Waals surface area contributed by atoms with Gasteiger partial charge in [0.25, 0.3) is 0 Å². The van der Waals surface area contributed by atoms with Crippen LogP contribution in [0, 0.1) is 5.92 Å². The number of carboxylic acid groups (broad SMARTS) is 1. The van der Waals surface area contributed by atoms with Crippen LogP contribution in [0.15, 0.2) is 0 Å². The molecule has 1 saturated heterocycles. The lowest BCUT2D eigenvalue weighted by atomic mass is 9.97. The summed E-state index contributed by atoms with van der Waals surface area (Å²) in [7, 11) is 0. The van der Waals surface area contributed by atoms with Crippen molar-refractivity contribution in [1.82, 2.24) is 15.5 Å². The number of carboxylic acids is 1. The summed E-state index contributed by atoms with van der Waals surface area (Å²) < 4.78 is 0. The standard InChI is InChI=1S/C13H23N3O5/c1-9(18)14-8-10-2-5-16(6-3-10)13(21)15-11(4-7-17)12(19)20/h10-11,17H,2-8H2,1H3,(H,14,18)(H,15,21)(H,19,20). The zero-order chi connectivity index (χ0) is 15.8. The third-order valence-electron chi connectivity index (χ3n) is 3.56. The minimum absolute atomic E-state index is 0.0138. The molecular weight excluding hydrogens is 278 g/mol. The van der Waals surface area contributed by atoms with Gasteiger partial charge in [-0.25, -0.2) is 9.59 Å². The number of aliphatic hydroxyl groups is 1. The van der Waals surface area contributed by atoms with Gasteiger partial charge in [0.05, 0.1) is 0 Å². The lowest BCUT2D eigenvalue weighted by Crippen LogP contribution is -2.51. The number of nitrogens with zero attached hydrogens (tertiary/aromatic N) is 1. The molecule has 0 aromatic rings. The van der Waals surface area contributed by atoms with Crippen molar-refractivity contribution in [1.29, 1.82) is 0 Å². The maximum Gasteiger partial charge on any atom is 0.326 e. The van der Waals surface area contributed by atoms with Crippen molar-refractivity contribution in [2.45, 2.75) is 32.2 Å². The van der Waals surface area contributed by atoms with E-state index in [9.17, 15) is 14.4 Å². The van der Waals surface area contributed by atoms with E-state index in [1.807, 2.05) is 0 Å². The summed E-state index contributed by atoms with van der Waals surface area (Å²) in [6.45, 7) is 2.84. The van der Waals surface area contributed by atoms with E-state index < -0.39 is 18.0 Å². The van der Waals surface area contributed by atoms with Gasteiger partial charge in [-0.3, -0.25) is 4.79 Å². The lowest BCUT2D eigenvalue weighted by molar-refractivity contribution is -0.139. The van der Waals surface area contributed by atoms with Gasteiger partial charge in [-0.1, -0.05) is 0 Å². The summed E-state index contributed by atoms with van der Waals surface area (Å²) in [5.41, 5.74) is 0. The molecule has 1 heterocycles. The van der Waals surface area contributed by atoms with Crippen molar-refractivity contribution < 1.29 is 24.6 Å². The van der Waals surface area contributed by atoms with Crippen LogP contribution in [0.4, 0.5) is 4.79 Å². The molecule has 1 fully saturated rings. The molecule has 0 bridgehead atoms. The average Bonchev–Trinajstić information content (AvgIpc) is 2.45. The summed E-state index contributed by atoms with van der Waals surface area (Å²) in [5.74, 6) is -0.882. The molecule has 8 nitrogen and oxygen atoms in total. The third-order valence-corrected chi connectivity index (χ3v) is 3.56. The molecule has 1 atom stereocenters. The summed E-state index contributed by atoms with van der Waals surface area (Å²) in [5, 5.41) is 22.9. The highest BCUT2D eigenvalue weighted by Gasteiger charge is 2.26. The second-order valence-corrected chi connectivity index (χ2v) is 5.22. The number of hydrogen-bond acceptors (Lipinski definition) is 4. The van der Waals surface area contributed by atoms with E-state index in [1.54, 1.807) is 4.90 Å². The number of rotatable bonds is 6. The van der Waals surface area contributed by atoms with Gasteiger partial charge in [0.2, 0.25) is 5.91 Å². The lowest BCUT2D eigenvalue weighted by Gasteiger charge is -2.32. The van der Waals surface area contributed by atoms with Gasteiger partial charge in [-0.2, -0.15) is 0 Å². The molecule has 3 amide bonds. The number of likely N-dealkylation sites (tertiary alicyclic amines) is 1. The van der Waals surface area contributed by atoms with Crippen molar-refractivity contribution in [2.75, 3.05) is 26.2 Å². The van der Waals surface area contributed by atoms with E-state index in [0.29, 0.717) is 25.6 Å². The molecule has 21 heavy (non-hydrogen) atoms. The Morgan fingerprint density at radius 2 is 1.90 bits per heavy atom. The van der Waals surface area contributed by atoms with E-state index in [0.717, 1.165) is 12.8 Å². The Balaban J connectivity index is 2.37. The zero-order valence-corrected chi connectivity index (χ0v) is 12.2. The first-order valence-electron chi connectivity index (χ1n) is 7.07. The average molecular weight is 301 g/mol. The second kappa shape index (κ2) is 8.46. The first kappa shape index (κ1) is 17.2. The number of aliphatic carboxylic acids is 1. The van der Waals surface area contributed by atoms with Gasteiger partial charge in [-0.05, 0) is 18.8 Å². The van der Waals surface area contributed by atoms with E-state index in [1.165, 1.54) is 6.92 Å². The molecule has 0 saturated carbocycles. The van der Waals surface area contributed by atoms with Crippen molar-refractivity contribution in [3.8, 4) is 0 Å². The van der Waals surface area contributed by atoms with Crippen LogP contribution in [-0.4, -0.2) is 65.3 Å². The summed E-state index contributed by atoms with van der Waals surface area (Å²) in [4.78, 5) is 35.3. The number of carbonyl (C=O) groups excluding carboxylic acids is 2. The molecule has 1 unspecified atom stereocenters. The van der Waals surface area contributed by atoms with Gasteiger partial charge >= 0.3 is 12.0 Å². The molecule has 120 valence electrons. The molecule has 8 heteroatoms. The predicted octanol–water partition coefficient (Wildman–Crippen LogP) is -0.620. The second-order valence-electron chi connectivity index (χ2n) is 5.22. The van der Waals surface area contributed by atoms with Crippen molar-refractivity contribution in [3.05, 3.63) is 0 Å². The Labute approximate surface area is 123 Å². The number of aliphatic hydroxyl groups excluding tert-OH is 1. The first-order chi connectivity index (χ1) is 9.93. The number of carbonyl (C=O) groups is 3. The Hall–Kier alpha value is -1.83. The van der Waals surface area contributed by atoms with Crippen LogP contribution in [0.3, 0.4) is 0 Å². The van der Waals surface area contributed by atoms with Gasteiger partial charge in [0, 0.05) is 39.6 Å². The number of urea groups is 1. The van der Waals surface area contributed by atoms with Crippen LogP contribution >= 0.6 is 0 Å². The van der Waals surface area contributed by atoms with Gasteiger partial charge in [-0.15, -0.1) is 0 Å². The van der Waals surface area contributed by atoms with Crippen molar-refractivity contribution in [3.63, 3.8) is 0 Å². The topological polar surface area (TPSA) is 119 Å². The molecule has 1 aliphatic heterocycles. The highest BCUT2D eigenvalue weighted by Crippen LogP contribution is 2.16. The molecule has 4 N–H and O–H groups in total. The fourth-order valence-corrected chi connectivity index (χ4v) is 2.26. The quantitative estimate of drug-likeness (QED) is 0.521. The van der Waals surface area contributed by atoms with E-state index in [2.05, 4.69) is 10.6 Å². The summed E-state index contributed by atoms with van der Waals surface area (Å²) in [6, 6.07) is -1.49. The molecule has 0 spiro atoms. The molecule has 0 aromatic carbocycles. The highest BCUT2D eigenvalue weighted by molar-refractivity contribution is 5.82. The molecule has 0 aliphatic carbocycles. The summed E-state index contributed by atoms with van der Waals surface area (Å²) in [6.07, 6.45) is 1.52. The Bertz CT molecular complexity index is 380. The number of nitrogens with one attached hydrogen (secondary N) is 2. The smallest absolute Gasteiger partial charge is 0.326 e. The van der Waals surface area contributed by atoms with Crippen LogP contribution in [0.5, 0.6) is 0 Å². The van der Waals surface area contributed by atoms with E-state index in [-0.39, 0.29) is 18.9 Å². The number of piperidine rings is 1. The zero-order valence-electron chi connectivity index (χ0n) is 12.2. The Kier molecular flexibility index (Phi) is 6.93. The molecule has 1 rings (SSSR count). The number of hydrogen-bond donors (Lipinski definition) is 4. The SMILES string of the molecule is CC(=O)NCC1CCN(C(=O)NC(CCO)C(=O)O)CC1. The monoisotopic (exact) mass is 301 g/mol. The van der Waals surface area contributed by atoms with Crippen LogP contribution in [0.25, 0.3) is 0 Å². The van der Waals surface area contributed by atoms with Crippen LogP contribution in [0.1, 0.15) is 26.2 Å². The first-order valence-corrected chi connectivity index (χ1v) is 7.07. The molecule has 0 aromatic heterocycles. The van der Waals surface area contributed by atoms with Crippen molar-refractivity contribution >= 4 is 17.9 Å². The minimum atomic E-state index is -1.15. The third kappa shape index (κ3) is 5.99. The van der Waals surface area contributed by atoms with Gasteiger partial charge in [0.15, 0.2) is 0 Å². The van der Waals surface area contributed by atoms with Crippen LogP contribution < -0.4 is 10.6 Å². The molecule has 0 radical (unpaired) electrons. The Morgan fingerprint density at radius 3 is 2.38 bits per heavy atom. The molecular formula is C13H23N3O5. The Morgan fingerprint density at radius 1 is 1.29 bits per heavy atom. The summed E-state index contributed by atoms with van der Waals surface area (Å²) >= 11 is 0. The normalized spacial score (nSPS) is 17.1.